The minimum atomic E-state index is -0.459. The predicted molar refractivity (Wildman–Crippen MR) is 105 cm³/mol. The molecule has 1 aliphatic carbocycles. The number of rotatable bonds is 4. The van der Waals surface area contributed by atoms with E-state index in [2.05, 4.69) is 47.0 Å². The van der Waals surface area contributed by atoms with Crippen molar-refractivity contribution in [2.45, 2.75) is 44.8 Å². The number of fused-ring (bicyclic) bond motifs is 1. The van der Waals surface area contributed by atoms with Crippen LogP contribution in [0.5, 0.6) is 0 Å². The Hall–Kier alpha value is -1.17. The van der Waals surface area contributed by atoms with E-state index in [9.17, 15) is 5.11 Å². The molecule has 1 aromatic heterocycles. The topological polar surface area (TPSA) is 42.8 Å². The van der Waals surface area contributed by atoms with Crippen molar-refractivity contribution in [3.63, 3.8) is 0 Å². The van der Waals surface area contributed by atoms with Crippen LogP contribution in [-0.2, 0) is 6.54 Å². The third-order valence-electron chi connectivity index (χ3n) is 7.06. The Morgan fingerprint density at radius 3 is 2.69 bits per heavy atom. The van der Waals surface area contributed by atoms with E-state index in [0.29, 0.717) is 11.8 Å². The van der Waals surface area contributed by atoms with Crippen LogP contribution < -0.4 is 4.90 Å². The van der Waals surface area contributed by atoms with Gasteiger partial charge in [-0.15, -0.1) is 0 Å². The van der Waals surface area contributed by atoms with Gasteiger partial charge in [0, 0.05) is 57.9 Å². The zero-order valence-corrected chi connectivity index (χ0v) is 16.4. The summed E-state index contributed by atoms with van der Waals surface area (Å²) in [6.07, 6.45) is 6.32. The van der Waals surface area contributed by atoms with Gasteiger partial charge in [-0.3, -0.25) is 4.90 Å². The molecule has 0 spiro atoms. The van der Waals surface area contributed by atoms with Gasteiger partial charge in [-0.25, -0.2) is 4.98 Å². The fraction of sp³-hybridized carbons (Fsp3) is 0.762. The van der Waals surface area contributed by atoms with Crippen molar-refractivity contribution < 1.29 is 5.11 Å². The minimum Gasteiger partial charge on any atom is -0.390 e. The van der Waals surface area contributed by atoms with Gasteiger partial charge in [0.25, 0.3) is 0 Å². The first-order valence-electron chi connectivity index (χ1n) is 10.4. The standard InChI is InChI=1S/C21H34N4O/c1-3-21(26)8-4-5-18-15-25(16-19(18)21)20-7-6-17(13-22-20)14-24-11-9-23(2)10-12-24/h6-7,13,18-19,26H,3-5,8-12,14-16H2,1-2H3/t18-,19+,21-/m1/s1. The molecule has 0 aromatic carbocycles. The minimum absolute atomic E-state index is 0.410. The SMILES string of the molecule is CC[C@@]1(O)CCC[C@@H]2CN(c3ccc(CN4CCN(C)CC4)cn3)C[C@@H]21. The summed E-state index contributed by atoms with van der Waals surface area (Å²) in [6, 6.07) is 4.43. The third-order valence-corrected chi connectivity index (χ3v) is 7.06. The van der Waals surface area contributed by atoms with Gasteiger partial charge < -0.3 is 14.9 Å². The van der Waals surface area contributed by atoms with Crippen molar-refractivity contribution in [2.75, 3.05) is 51.2 Å². The van der Waals surface area contributed by atoms with Gasteiger partial charge in [0.2, 0.25) is 0 Å². The van der Waals surface area contributed by atoms with Crippen molar-refractivity contribution in [2.24, 2.45) is 11.8 Å². The lowest BCUT2D eigenvalue weighted by Crippen LogP contribution is -2.44. The van der Waals surface area contributed by atoms with E-state index in [1.165, 1.54) is 12.0 Å². The van der Waals surface area contributed by atoms with Crippen LogP contribution in [0.3, 0.4) is 0 Å². The lowest BCUT2D eigenvalue weighted by atomic mass is 9.69. The Bertz CT molecular complexity index is 599. The lowest BCUT2D eigenvalue weighted by molar-refractivity contribution is -0.0597. The molecule has 3 atom stereocenters. The molecule has 0 radical (unpaired) electrons. The van der Waals surface area contributed by atoms with E-state index in [-0.39, 0.29) is 0 Å². The second-order valence-corrected chi connectivity index (χ2v) is 8.72. The van der Waals surface area contributed by atoms with E-state index < -0.39 is 5.60 Å². The van der Waals surface area contributed by atoms with Crippen LogP contribution in [-0.4, -0.2) is 71.8 Å². The summed E-state index contributed by atoms with van der Waals surface area (Å²) in [6.45, 7) is 9.74. The molecular formula is C21H34N4O. The normalized spacial score (nSPS) is 33.4. The molecule has 1 aromatic rings. The molecule has 3 aliphatic rings. The molecule has 26 heavy (non-hydrogen) atoms. The molecule has 0 unspecified atom stereocenters. The molecular weight excluding hydrogens is 324 g/mol. The summed E-state index contributed by atoms with van der Waals surface area (Å²) >= 11 is 0. The Morgan fingerprint density at radius 1 is 1.19 bits per heavy atom. The molecule has 3 heterocycles. The molecule has 5 nitrogen and oxygen atoms in total. The molecule has 4 rings (SSSR count). The number of likely N-dealkylation sites (N-methyl/N-ethyl adjacent to an activating group) is 1. The van der Waals surface area contributed by atoms with E-state index >= 15 is 0 Å². The van der Waals surface area contributed by atoms with Crippen molar-refractivity contribution >= 4 is 5.82 Å². The van der Waals surface area contributed by atoms with Crippen molar-refractivity contribution in [1.29, 1.82) is 0 Å². The molecule has 0 amide bonds. The quantitative estimate of drug-likeness (QED) is 0.894. The maximum absolute atomic E-state index is 11.0. The number of anilines is 1. The van der Waals surface area contributed by atoms with Crippen molar-refractivity contribution in [3.05, 3.63) is 23.9 Å². The van der Waals surface area contributed by atoms with Crippen LogP contribution in [0.25, 0.3) is 0 Å². The monoisotopic (exact) mass is 358 g/mol. The molecule has 144 valence electrons. The third kappa shape index (κ3) is 3.62. The van der Waals surface area contributed by atoms with Crippen LogP contribution in [0.2, 0.25) is 0 Å². The van der Waals surface area contributed by atoms with Crippen LogP contribution in [0.1, 0.15) is 38.2 Å². The summed E-state index contributed by atoms with van der Waals surface area (Å²) in [4.78, 5) is 12.1. The highest BCUT2D eigenvalue weighted by Gasteiger charge is 2.47. The van der Waals surface area contributed by atoms with Gasteiger partial charge in [-0.05, 0) is 43.9 Å². The van der Waals surface area contributed by atoms with Crippen LogP contribution in [0, 0.1) is 11.8 Å². The molecule has 5 heteroatoms. The second-order valence-electron chi connectivity index (χ2n) is 8.72. The molecule has 2 aliphatic heterocycles. The van der Waals surface area contributed by atoms with Gasteiger partial charge in [0.1, 0.15) is 5.82 Å². The lowest BCUT2D eigenvalue weighted by Gasteiger charge is -2.40. The second kappa shape index (κ2) is 7.45. The molecule has 1 saturated carbocycles. The number of pyridine rings is 1. The number of aromatic nitrogens is 1. The Morgan fingerprint density at radius 2 is 2.00 bits per heavy atom. The number of nitrogens with zero attached hydrogens (tertiary/aromatic N) is 4. The van der Waals surface area contributed by atoms with E-state index in [0.717, 1.165) is 70.9 Å². The van der Waals surface area contributed by atoms with Crippen molar-refractivity contribution in [3.8, 4) is 0 Å². The highest BCUT2D eigenvalue weighted by atomic mass is 16.3. The summed E-state index contributed by atoms with van der Waals surface area (Å²) in [7, 11) is 2.20. The predicted octanol–water partition coefficient (Wildman–Crippen LogP) is 2.21. The maximum atomic E-state index is 11.0. The smallest absolute Gasteiger partial charge is 0.128 e. The molecule has 0 bridgehead atoms. The Balaban J connectivity index is 1.38. The average molecular weight is 359 g/mol. The Kier molecular flexibility index (Phi) is 5.22. The number of hydrogen-bond donors (Lipinski definition) is 1. The first-order valence-corrected chi connectivity index (χ1v) is 10.4. The zero-order chi connectivity index (χ0) is 18.1. The van der Waals surface area contributed by atoms with Gasteiger partial charge in [0.15, 0.2) is 0 Å². The fourth-order valence-electron chi connectivity index (χ4n) is 5.22. The highest BCUT2D eigenvalue weighted by molar-refractivity contribution is 5.41. The maximum Gasteiger partial charge on any atom is 0.128 e. The first kappa shape index (κ1) is 18.2. The largest absolute Gasteiger partial charge is 0.390 e. The van der Waals surface area contributed by atoms with Crippen molar-refractivity contribution in [1.82, 2.24) is 14.8 Å². The average Bonchev–Trinajstić information content (AvgIpc) is 3.10. The summed E-state index contributed by atoms with van der Waals surface area (Å²) < 4.78 is 0. The molecule has 1 N–H and O–H groups in total. The number of piperazine rings is 1. The van der Waals surface area contributed by atoms with Gasteiger partial charge in [-0.1, -0.05) is 19.4 Å². The van der Waals surface area contributed by atoms with Crippen LogP contribution in [0.4, 0.5) is 5.82 Å². The summed E-state index contributed by atoms with van der Waals surface area (Å²) in [5.41, 5.74) is 0.846. The van der Waals surface area contributed by atoms with E-state index in [1.807, 2.05) is 0 Å². The number of aliphatic hydroxyl groups is 1. The fourth-order valence-corrected chi connectivity index (χ4v) is 5.22. The van der Waals surface area contributed by atoms with E-state index in [1.54, 1.807) is 0 Å². The van der Waals surface area contributed by atoms with E-state index in [4.69, 9.17) is 4.98 Å². The molecule has 2 saturated heterocycles. The first-order chi connectivity index (χ1) is 12.6. The van der Waals surface area contributed by atoms with Gasteiger partial charge in [-0.2, -0.15) is 0 Å². The van der Waals surface area contributed by atoms with Crippen LogP contribution in [0.15, 0.2) is 18.3 Å². The van der Waals surface area contributed by atoms with Gasteiger partial charge in [0.05, 0.1) is 5.60 Å². The zero-order valence-electron chi connectivity index (χ0n) is 16.4. The number of hydrogen-bond acceptors (Lipinski definition) is 5. The summed E-state index contributed by atoms with van der Waals surface area (Å²) in [5, 5.41) is 11.0. The van der Waals surface area contributed by atoms with Crippen LogP contribution >= 0.6 is 0 Å². The van der Waals surface area contributed by atoms with Gasteiger partial charge >= 0.3 is 0 Å². The highest BCUT2D eigenvalue weighted by Crippen LogP contribution is 2.45. The summed E-state index contributed by atoms with van der Waals surface area (Å²) in [5.74, 6) is 2.12. The Labute approximate surface area is 158 Å². The molecule has 3 fully saturated rings.